The lowest BCUT2D eigenvalue weighted by atomic mass is 10.2. The third-order valence-corrected chi connectivity index (χ3v) is 4.02. The van der Waals surface area contributed by atoms with Crippen LogP contribution in [0.15, 0.2) is 47.5 Å². The Bertz CT molecular complexity index is 1020. The first kappa shape index (κ1) is 18.3. The van der Waals surface area contributed by atoms with Crippen molar-refractivity contribution in [2.45, 2.75) is 0 Å². The average molecular weight is 386 g/mol. The van der Waals surface area contributed by atoms with E-state index in [4.69, 9.17) is 22.1 Å². The van der Waals surface area contributed by atoms with Gasteiger partial charge in [-0.1, -0.05) is 23.7 Å². The Balaban J connectivity index is 1.92. The summed E-state index contributed by atoms with van der Waals surface area (Å²) in [5, 5.41) is 20.1. The quantitative estimate of drug-likeness (QED) is 0.484. The largest absolute Gasteiger partial charge is 0.507 e. The summed E-state index contributed by atoms with van der Waals surface area (Å²) in [4.78, 5) is 16.1. The molecule has 5 N–H and O–H groups in total. The minimum atomic E-state index is -0.718. The second kappa shape index (κ2) is 7.79. The van der Waals surface area contributed by atoms with Crippen molar-refractivity contribution in [3.8, 4) is 11.5 Å². The number of phenols is 1. The van der Waals surface area contributed by atoms with E-state index in [0.29, 0.717) is 22.0 Å². The molecule has 0 saturated heterocycles. The summed E-state index contributed by atoms with van der Waals surface area (Å²) in [6.07, 6.45) is 1.38. The molecule has 3 aromatic rings. The summed E-state index contributed by atoms with van der Waals surface area (Å²) >= 11 is 6.11. The normalized spacial score (nSPS) is 10.9. The maximum Gasteiger partial charge on any atom is 0.256 e. The SMILES string of the molecule is COc1ccc(/C=N/c2[nH]nc(Nc3ccccc3Cl)c2C(N)=O)c(O)c1. The molecule has 0 radical (unpaired) electrons. The number of halogens is 1. The summed E-state index contributed by atoms with van der Waals surface area (Å²) in [6, 6.07) is 11.8. The highest BCUT2D eigenvalue weighted by Gasteiger charge is 2.18. The van der Waals surface area contributed by atoms with Crippen LogP contribution in [-0.4, -0.2) is 34.5 Å². The van der Waals surface area contributed by atoms with Gasteiger partial charge in [-0.15, -0.1) is 0 Å². The number of hydrogen-bond acceptors (Lipinski definition) is 6. The minimum Gasteiger partial charge on any atom is -0.507 e. The van der Waals surface area contributed by atoms with Crippen LogP contribution in [0.4, 0.5) is 17.3 Å². The van der Waals surface area contributed by atoms with Crippen LogP contribution < -0.4 is 15.8 Å². The van der Waals surface area contributed by atoms with Gasteiger partial charge in [-0.2, -0.15) is 5.10 Å². The van der Waals surface area contributed by atoms with Crippen molar-refractivity contribution in [2.24, 2.45) is 10.7 Å². The number of methoxy groups -OCH3 is 1. The van der Waals surface area contributed by atoms with E-state index in [0.717, 1.165) is 0 Å². The van der Waals surface area contributed by atoms with Crippen molar-refractivity contribution in [1.82, 2.24) is 10.2 Å². The molecule has 0 aliphatic heterocycles. The highest BCUT2D eigenvalue weighted by molar-refractivity contribution is 6.33. The summed E-state index contributed by atoms with van der Waals surface area (Å²) < 4.78 is 5.03. The third-order valence-electron chi connectivity index (χ3n) is 3.69. The highest BCUT2D eigenvalue weighted by atomic mass is 35.5. The first-order chi connectivity index (χ1) is 13.0. The molecule has 27 heavy (non-hydrogen) atoms. The molecule has 1 amide bonds. The summed E-state index contributed by atoms with van der Waals surface area (Å²) in [5.41, 5.74) is 6.54. The van der Waals surface area contributed by atoms with Crippen molar-refractivity contribution in [3.05, 3.63) is 58.6 Å². The van der Waals surface area contributed by atoms with Gasteiger partial charge < -0.3 is 20.9 Å². The number of carbonyl (C=O) groups excluding carboxylic acids is 1. The van der Waals surface area contributed by atoms with Crippen LogP contribution in [0.1, 0.15) is 15.9 Å². The van der Waals surface area contributed by atoms with E-state index in [-0.39, 0.29) is 22.9 Å². The van der Waals surface area contributed by atoms with Crippen LogP contribution in [0.5, 0.6) is 11.5 Å². The van der Waals surface area contributed by atoms with Crippen LogP contribution in [0.25, 0.3) is 0 Å². The summed E-state index contributed by atoms with van der Waals surface area (Å²) in [7, 11) is 1.50. The molecule has 138 valence electrons. The number of primary amides is 1. The van der Waals surface area contributed by atoms with Gasteiger partial charge in [0.2, 0.25) is 0 Å². The first-order valence-corrected chi connectivity index (χ1v) is 8.18. The van der Waals surface area contributed by atoms with Gasteiger partial charge in [0.25, 0.3) is 5.91 Å². The molecular formula is C18H16ClN5O3. The number of carbonyl (C=O) groups is 1. The van der Waals surface area contributed by atoms with Crippen molar-refractivity contribution in [1.29, 1.82) is 0 Å². The van der Waals surface area contributed by atoms with E-state index in [9.17, 15) is 9.90 Å². The molecule has 2 aromatic carbocycles. The zero-order chi connectivity index (χ0) is 19.4. The van der Waals surface area contributed by atoms with Gasteiger partial charge in [-0.3, -0.25) is 9.89 Å². The number of rotatable bonds is 6. The molecule has 3 rings (SSSR count). The van der Waals surface area contributed by atoms with E-state index in [1.54, 1.807) is 36.4 Å². The second-order valence-corrected chi connectivity index (χ2v) is 5.86. The lowest BCUT2D eigenvalue weighted by Gasteiger charge is -2.06. The lowest BCUT2D eigenvalue weighted by Crippen LogP contribution is -2.12. The molecule has 0 bridgehead atoms. The molecule has 0 aliphatic rings. The van der Waals surface area contributed by atoms with Gasteiger partial charge in [0.1, 0.15) is 17.1 Å². The predicted octanol–water partition coefficient (Wildman–Crippen LogP) is 3.37. The maximum absolute atomic E-state index is 11.9. The molecule has 1 aromatic heterocycles. The molecule has 0 fully saturated rings. The monoisotopic (exact) mass is 385 g/mol. The van der Waals surface area contributed by atoms with E-state index in [1.807, 2.05) is 0 Å². The number of aromatic amines is 1. The van der Waals surface area contributed by atoms with E-state index >= 15 is 0 Å². The number of aromatic hydroxyl groups is 1. The molecule has 0 aliphatic carbocycles. The van der Waals surface area contributed by atoms with Crippen molar-refractivity contribution >= 4 is 41.0 Å². The number of anilines is 2. The van der Waals surface area contributed by atoms with Crippen molar-refractivity contribution in [2.75, 3.05) is 12.4 Å². The molecule has 9 heteroatoms. The molecule has 8 nitrogen and oxygen atoms in total. The number of amides is 1. The smallest absolute Gasteiger partial charge is 0.256 e. The topological polar surface area (TPSA) is 126 Å². The fourth-order valence-corrected chi connectivity index (χ4v) is 2.52. The number of ether oxygens (including phenoxy) is 1. The molecule has 0 spiro atoms. The molecule has 0 atom stereocenters. The van der Waals surface area contributed by atoms with Gasteiger partial charge in [0.05, 0.1) is 17.8 Å². The zero-order valence-corrected chi connectivity index (χ0v) is 15.0. The van der Waals surface area contributed by atoms with Gasteiger partial charge in [0.15, 0.2) is 11.6 Å². The number of nitrogens with zero attached hydrogens (tertiary/aromatic N) is 2. The fraction of sp³-hybridized carbons (Fsp3) is 0.0556. The van der Waals surface area contributed by atoms with Crippen LogP contribution in [0, 0.1) is 0 Å². The maximum atomic E-state index is 11.9. The number of nitrogens with two attached hydrogens (primary N) is 1. The van der Waals surface area contributed by atoms with E-state index < -0.39 is 5.91 Å². The molecule has 1 heterocycles. The lowest BCUT2D eigenvalue weighted by molar-refractivity contribution is 0.100. The number of phenolic OH excluding ortho intramolecular Hbond substituents is 1. The first-order valence-electron chi connectivity index (χ1n) is 7.80. The summed E-state index contributed by atoms with van der Waals surface area (Å²) in [6.45, 7) is 0. The zero-order valence-electron chi connectivity index (χ0n) is 14.2. The fourth-order valence-electron chi connectivity index (χ4n) is 2.33. The van der Waals surface area contributed by atoms with Gasteiger partial charge in [-0.05, 0) is 24.3 Å². The Morgan fingerprint density at radius 2 is 2.15 bits per heavy atom. The standard InChI is InChI=1S/C18H16ClN5O3/c1-27-11-7-6-10(14(25)8-11)9-21-17-15(16(20)26)18(24-23-17)22-13-5-3-2-4-12(13)19/h2-9,25H,1H3,(H2,20,26)(H2,22,23,24)/b21-9+. The Morgan fingerprint density at radius 1 is 1.37 bits per heavy atom. The Labute approximate surface area is 159 Å². The number of hydrogen-bond donors (Lipinski definition) is 4. The minimum absolute atomic E-state index is 0.0207. The molecular weight excluding hydrogens is 370 g/mol. The van der Waals surface area contributed by atoms with Crippen molar-refractivity contribution < 1.29 is 14.6 Å². The number of aliphatic imine (C=N–C) groups is 1. The van der Waals surface area contributed by atoms with Gasteiger partial charge in [0, 0.05) is 17.8 Å². The number of para-hydroxylation sites is 1. The number of aromatic nitrogens is 2. The second-order valence-electron chi connectivity index (χ2n) is 5.45. The highest BCUT2D eigenvalue weighted by Crippen LogP contribution is 2.30. The van der Waals surface area contributed by atoms with E-state index in [2.05, 4.69) is 20.5 Å². The Hall–Kier alpha value is -3.52. The van der Waals surface area contributed by atoms with Crippen LogP contribution >= 0.6 is 11.6 Å². The number of benzene rings is 2. The van der Waals surface area contributed by atoms with Crippen LogP contribution in [0.2, 0.25) is 5.02 Å². The Kier molecular flexibility index (Phi) is 5.28. The Morgan fingerprint density at radius 3 is 2.81 bits per heavy atom. The average Bonchev–Trinajstić information content (AvgIpc) is 3.05. The van der Waals surface area contributed by atoms with E-state index in [1.165, 1.54) is 19.4 Å². The summed E-state index contributed by atoms with van der Waals surface area (Å²) in [5.74, 6) is 0.112. The number of nitrogens with one attached hydrogen (secondary N) is 2. The molecule has 0 unspecified atom stereocenters. The van der Waals surface area contributed by atoms with Gasteiger partial charge >= 0.3 is 0 Å². The van der Waals surface area contributed by atoms with Gasteiger partial charge in [-0.25, -0.2) is 4.99 Å². The molecule has 0 saturated carbocycles. The predicted molar refractivity (Wildman–Crippen MR) is 104 cm³/mol. The van der Waals surface area contributed by atoms with Crippen molar-refractivity contribution in [3.63, 3.8) is 0 Å². The third kappa shape index (κ3) is 4.01. The van der Waals surface area contributed by atoms with Crippen LogP contribution in [0.3, 0.4) is 0 Å². The van der Waals surface area contributed by atoms with Crippen LogP contribution in [-0.2, 0) is 0 Å². The number of H-pyrrole nitrogens is 1.